The van der Waals surface area contributed by atoms with Gasteiger partial charge in [0.25, 0.3) is 0 Å². The molecule has 0 unspecified atom stereocenters. The number of nitrogens with zero attached hydrogens (tertiary/aromatic N) is 2. The number of carbonyl (C=O) groups is 1. The minimum atomic E-state index is -3.56. The summed E-state index contributed by atoms with van der Waals surface area (Å²) in [4.78, 5) is 16.8. The van der Waals surface area contributed by atoms with Gasteiger partial charge >= 0.3 is 0 Å². The maximum Gasteiger partial charge on any atom is 0.243 e. The Morgan fingerprint density at radius 2 is 1.80 bits per heavy atom. The van der Waals surface area contributed by atoms with Crippen molar-refractivity contribution >= 4 is 26.7 Å². The molecule has 0 radical (unpaired) electrons. The molecule has 1 saturated heterocycles. The number of fused-ring (bicyclic) bond motifs is 1. The van der Waals surface area contributed by atoms with Gasteiger partial charge in [-0.3, -0.25) is 9.78 Å². The number of rotatable bonds is 6. The minimum Gasteiger partial charge on any atom is -0.356 e. The molecule has 0 spiro atoms. The molecule has 0 saturated carbocycles. The van der Waals surface area contributed by atoms with E-state index in [0.29, 0.717) is 37.4 Å². The van der Waals surface area contributed by atoms with Crippen LogP contribution in [0.1, 0.15) is 18.4 Å². The predicted octanol–water partition coefficient (Wildman–Crippen LogP) is 2.99. The molecule has 6 nitrogen and oxygen atoms in total. The molecule has 156 valence electrons. The Morgan fingerprint density at radius 3 is 2.53 bits per heavy atom. The highest BCUT2D eigenvalue weighted by molar-refractivity contribution is 7.89. The highest BCUT2D eigenvalue weighted by atomic mass is 32.2. The van der Waals surface area contributed by atoms with Crippen LogP contribution < -0.4 is 5.32 Å². The summed E-state index contributed by atoms with van der Waals surface area (Å²) in [5.41, 5.74) is 1.08. The van der Waals surface area contributed by atoms with E-state index in [1.54, 1.807) is 24.5 Å². The van der Waals surface area contributed by atoms with Crippen LogP contribution in [-0.2, 0) is 21.2 Å². The molecule has 1 aliphatic heterocycles. The molecular formula is C23H25N3O3S. The fraction of sp³-hybridized carbons (Fsp3) is 0.304. The second kappa shape index (κ2) is 8.93. The van der Waals surface area contributed by atoms with E-state index in [0.717, 1.165) is 22.8 Å². The summed E-state index contributed by atoms with van der Waals surface area (Å²) < 4.78 is 27.6. The van der Waals surface area contributed by atoms with Crippen LogP contribution in [0.15, 0.2) is 71.9 Å². The molecule has 30 heavy (non-hydrogen) atoms. The fourth-order valence-corrected chi connectivity index (χ4v) is 5.36. The van der Waals surface area contributed by atoms with Gasteiger partial charge < -0.3 is 5.32 Å². The predicted molar refractivity (Wildman–Crippen MR) is 116 cm³/mol. The van der Waals surface area contributed by atoms with Gasteiger partial charge in [-0.1, -0.05) is 36.4 Å². The van der Waals surface area contributed by atoms with Crippen LogP contribution in [-0.4, -0.2) is 43.2 Å². The zero-order chi connectivity index (χ0) is 21.0. The van der Waals surface area contributed by atoms with E-state index in [2.05, 4.69) is 10.3 Å². The Kier molecular flexibility index (Phi) is 6.11. The van der Waals surface area contributed by atoms with E-state index in [1.165, 1.54) is 4.31 Å². The smallest absolute Gasteiger partial charge is 0.243 e. The minimum absolute atomic E-state index is 0.00152. The standard InChI is InChI=1S/C23H25N3O3S/c27-23(25-13-9-18-4-3-12-24-17-18)20-10-14-26(15-11-20)30(28,29)22-8-7-19-5-1-2-6-21(19)16-22/h1-8,12,16-17,20H,9-11,13-15H2,(H,25,27). The van der Waals surface area contributed by atoms with Gasteiger partial charge in [0.2, 0.25) is 15.9 Å². The van der Waals surface area contributed by atoms with Gasteiger partial charge in [0, 0.05) is 37.9 Å². The Morgan fingerprint density at radius 1 is 1.03 bits per heavy atom. The first-order valence-corrected chi connectivity index (χ1v) is 11.6. The van der Waals surface area contributed by atoms with Crippen molar-refractivity contribution in [1.82, 2.24) is 14.6 Å². The lowest BCUT2D eigenvalue weighted by Gasteiger charge is -2.30. The van der Waals surface area contributed by atoms with Crippen molar-refractivity contribution < 1.29 is 13.2 Å². The summed E-state index contributed by atoms with van der Waals surface area (Å²) in [6, 6.07) is 16.8. The number of pyridine rings is 1. The lowest BCUT2D eigenvalue weighted by Crippen LogP contribution is -2.43. The molecule has 2 aromatic carbocycles. The number of carbonyl (C=O) groups excluding carboxylic acids is 1. The zero-order valence-electron chi connectivity index (χ0n) is 16.7. The van der Waals surface area contributed by atoms with Gasteiger partial charge in [-0.2, -0.15) is 4.31 Å². The van der Waals surface area contributed by atoms with E-state index in [4.69, 9.17) is 0 Å². The topological polar surface area (TPSA) is 79.4 Å². The zero-order valence-corrected chi connectivity index (χ0v) is 17.5. The molecule has 2 heterocycles. The average Bonchev–Trinajstić information content (AvgIpc) is 2.79. The first kappa shape index (κ1) is 20.5. The number of sulfonamides is 1. The van der Waals surface area contributed by atoms with Crippen LogP contribution in [0.4, 0.5) is 0 Å². The van der Waals surface area contributed by atoms with Crippen molar-refractivity contribution in [2.45, 2.75) is 24.2 Å². The molecule has 3 aromatic rings. The van der Waals surface area contributed by atoms with Crippen LogP contribution in [0.2, 0.25) is 0 Å². The summed E-state index contributed by atoms with van der Waals surface area (Å²) >= 11 is 0. The number of hydrogen-bond donors (Lipinski definition) is 1. The first-order chi connectivity index (χ1) is 14.5. The number of piperidine rings is 1. The Bertz CT molecular complexity index is 1120. The van der Waals surface area contributed by atoms with Crippen molar-refractivity contribution in [3.8, 4) is 0 Å². The van der Waals surface area contributed by atoms with E-state index in [9.17, 15) is 13.2 Å². The number of aromatic nitrogens is 1. The van der Waals surface area contributed by atoms with Crippen LogP contribution in [0.5, 0.6) is 0 Å². The van der Waals surface area contributed by atoms with Crippen LogP contribution in [0, 0.1) is 5.92 Å². The lowest BCUT2D eigenvalue weighted by atomic mass is 9.97. The van der Waals surface area contributed by atoms with Crippen molar-refractivity contribution in [2.75, 3.05) is 19.6 Å². The number of benzene rings is 2. The second-order valence-corrected chi connectivity index (χ2v) is 9.53. The molecular weight excluding hydrogens is 398 g/mol. The van der Waals surface area contributed by atoms with Crippen molar-refractivity contribution in [3.63, 3.8) is 0 Å². The van der Waals surface area contributed by atoms with Crippen molar-refractivity contribution in [2.24, 2.45) is 5.92 Å². The normalized spacial score (nSPS) is 15.9. The van der Waals surface area contributed by atoms with Crippen molar-refractivity contribution in [3.05, 3.63) is 72.6 Å². The van der Waals surface area contributed by atoms with Crippen LogP contribution in [0.25, 0.3) is 10.8 Å². The summed E-state index contributed by atoms with van der Waals surface area (Å²) in [6.07, 6.45) is 5.32. The third kappa shape index (κ3) is 4.52. The fourth-order valence-electron chi connectivity index (χ4n) is 3.86. The van der Waals surface area contributed by atoms with Gasteiger partial charge in [0.15, 0.2) is 0 Å². The van der Waals surface area contributed by atoms with Crippen LogP contribution in [0.3, 0.4) is 0 Å². The highest BCUT2D eigenvalue weighted by Gasteiger charge is 2.32. The maximum atomic E-state index is 13.1. The van der Waals surface area contributed by atoms with E-state index >= 15 is 0 Å². The molecule has 0 aliphatic carbocycles. The Labute approximate surface area is 177 Å². The maximum absolute atomic E-state index is 13.1. The van der Waals surface area contributed by atoms with E-state index < -0.39 is 10.0 Å². The molecule has 0 bridgehead atoms. The molecule has 0 atom stereocenters. The molecule has 1 aliphatic rings. The molecule has 7 heteroatoms. The van der Waals surface area contributed by atoms with E-state index in [-0.39, 0.29) is 11.8 Å². The average molecular weight is 424 g/mol. The molecule has 1 N–H and O–H groups in total. The third-order valence-electron chi connectivity index (χ3n) is 5.62. The van der Waals surface area contributed by atoms with Gasteiger partial charge in [-0.15, -0.1) is 0 Å². The number of amides is 1. The third-order valence-corrected chi connectivity index (χ3v) is 7.51. The molecule has 1 fully saturated rings. The number of nitrogens with one attached hydrogen (secondary N) is 1. The molecule has 1 amide bonds. The lowest BCUT2D eigenvalue weighted by molar-refractivity contribution is -0.126. The Hall–Kier alpha value is -2.77. The van der Waals surface area contributed by atoms with Gasteiger partial charge in [0.05, 0.1) is 4.90 Å². The highest BCUT2D eigenvalue weighted by Crippen LogP contribution is 2.26. The van der Waals surface area contributed by atoms with Gasteiger partial charge in [-0.05, 0) is 53.8 Å². The molecule has 4 rings (SSSR count). The summed E-state index contributed by atoms with van der Waals surface area (Å²) in [6.45, 7) is 1.27. The van der Waals surface area contributed by atoms with Gasteiger partial charge in [0.1, 0.15) is 0 Å². The quantitative estimate of drug-likeness (QED) is 0.661. The SMILES string of the molecule is O=C(NCCc1cccnc1)C1CCN(S(=O)(=O)c2ccc3ccccc3c2)CC1. The number of hydrogen-bond acceptors (Lipinski definition) is 4. The summed E-state index contributed by atoms with van der Waals surface area (Å²) in [5, 5.41) is 4.89. The largest absolute Gasteiger partial charge is 0.356 e. The van der Waals surface area contributed by atoms with E-state index in [1.807, 2.05) is 42.5 Å². The molecule has 1 aromatic heterocycles. The monoisotopic (exact) mass is 423 g/mol. The summed E-state index contributed by atoms with van der Waals surface area (Å²) in [7, 11) is -3.56. The van der Waals surface area contributed by atoms with Crippen LogP contribution >= 0.6 is 0 Å². The second-order valence-electron chi connectivity index (χ2n) is 7.59. The van der Waals surface area contributed by atoms with Crippen molar-refractivity contribution in [1.29, 1.82) is 0 Å². The van der Waals surface area contributed by atoms with Gasteiger partial charge in [-0.25, -0.2) is 8.42 Å². The first-order valence-electron chi connectivity index (χ1n) is 10.2. The summed E-state index contributed by atoms with van der Waals surface area (Å²) in [5.74, 6) is -0.149. The Balaban J connectivity index is 1.33.